The van der Waals surface area contributed by atoms with E-state index in [4.69, 9.17) is 10.5 Å². The van der Waals surface area contributed by atoms with Crippen molar-refractivity contribution in [1.82, 2.24) is 4.90 Å². The SMILES string of the molecule is CCCOc1ccc(C(N)CSCCN(C)C)cc1. The predicted octanol–water partition coefficient (Wildman–Crippen LogP) is 2.77. The number of nitrogens with two attached hydrogens (primary N) is 1. The molecule has 0 fully saturated rings. The normalized spacial score (nSPS) is 12.7. The van der Waals surface area contributed by atoms with Crippen molar-refractivity contribution in [1.29, 1.82) is 0 Å². The average molecular weight is 282 g/mol. The van der Waals surface area contributed by atoms with E-state index in [9.17, 15) is 0 Å². The van der Waals surface area contributed by atoms with E-state index in [1.165, 1.54) is 5.56 Å². The molecule has 0 aliphatic rings. The smallest absolute Gasteiger partial charge is 0.119 e. The second-order valence-electron chi connectivity index (χ2n) is 4.90. The van der Waals surface area contributed by atoms with Crippen LogP contribution < -0.4 is 10.5 Å². The van der Waals surface area contributed by atoms with E-state index in [2.05, 4.69) is 38.1 Å². The maximum absolute atomic E-state index is 6.19. The van der Waals surface area contributed by atoms with Gasteiger partial charge in [0.25, 0.3) is 0 Å². The highest BCUT2D eigenvalue weighted by Gasteiger charge is 2.06. The van der Waals surface area contributed by atoms with Gasteiger partial charge >= 0.3 is 0 Å². The maximum atomic E-state index is 6.19. The molecular weight excluding hydrogens is 256 g/mol. The molecule has 108 valence electrons. The zero-order chi connectivity index (χ0) is 14.1. The molecule has 0 aromatic heterocycles. The first-order valence-electron chi connectivity index (χ1n) is 6.84. The lowest BCUT2D eigenvalue weighted by atomic mass is 10.1. The van der Waals surface area contributed by atoms with Crippen LogP contribution in [0.5, 0.6) is 5.75 Å². The number of rotatable bonds is 9. The molecule has 0 saturated heterocycles. The summed E-state index contributed by atoms with van der Waals surface area (Å²) < 4.78 is 5.56. The molecule has 19 heavy (non-hydrogen) atoms. The number of benzene rings is 1. The van der Waals surface area contributed by atoms with E-state index >= 15 is 0 Å². The summed E-state index contributed by atoms with van der Waals surface area (Å²) >= 11 is 1.90. The van der Waals surface area contributed by atoms with E-state index in [1.807, 2.05) is 23.9 Å². The first-order chi connectivity index (χ1) is 9.13. The van der Waals surface area contributed by atoms with Crippen molar-refractivity contribution in [2.75, 3.05) is 38.8 Å². The van der Waals surface area contributed by atoms with Crippen molar-refractivity contribution in [3.05, 3.63) is 29.8 Å². The van der Waals surface area contributed by atoms with Gasteiger partial charge in [0.1, 0.15) is 5.75 Å². The van der Waals surface area contributed by atoms with Gasteiger partial charge in [-0.1, -0.05) is 19.1 Å². The van der Waals surface area contributed by atoms with Crippen LogP contribution >= 0.6 is 11.8 Å². The minimum atomic E-state index is 0.104. The Labute approximate surface area is 121 Å². The number of hydrogen-bond acceptors (Lipinski definition) is 4. The third-order valence-corrected chi connectivity index (χ3v) is 3.83. The Morgan fingerprint density at radius 3 is 2.53 bits per heavy atom. The van der Waals surface area contributed by atoms with Gasteiger partial charge in [0.15, 0.2) is 0 Å². The number of hydrogen-bond donors (Lipinski definition) is 1. The molecule has 4 heteroatoms. The summed E-state index contributed by atoms with van der Waals surface area (Å²) in [5.74, 6) is 3.01. The van der Waals surface area contributed by atoms with Crippen LogP contribution in [0.2, 0.25) is 0 Å². The largest absolute Gasteiger partial charge is 0.494 e. The van der Waals surface area contributed by atoms with Gasteiger partial charge in [-0.3, -0.25) is 0 Å². The predicted molar refractivity (Wildman–Crippen MR) is 85.0 cm³/mol. The van der Waals surface area contributed by atoms with E-state index < -0.39 is 0 Å². The fourth-order valence-electron chi connectivity index (χ4n) is 1.58. The monoisotopic (exact) mass is 282 g/mol. The molecule has 0 spiro atoms. The van der Waals surface area contributed by atoms with Crippen molar-refractivity contribution in [3.63, 3.8) is 0 Å². The third kappa shape index (κ3) is 6.85. The molecular formula is C15H26N2OS. The molecule has 1 aromatic carbocycles. The van der Waals surface area contributed by atoms with Gasteiger partial charge in [0.2, 0.25) is 0 Å². The Hall–Kier alpha value is -0.710. The summed E-state index contributed by atoms with van der Waals surface area (Å²) in [5, 5.41) is 0. The quantitative estimate of drug-likeness (QED) is 0.707. The van der Waals surface area contributed by atoms with Crippen LogP contribution in [0.1, 0.15) is 24.9 Å². The summed E-state index contributed by atoms with van der Waals surface area (Å²) in [6.45, 7) is 3.97. The van der Waals surface area contributed by atoms with Gasteiger partial charge in [0.05, 0.1) is 6.61 Å². The molecule has 0 aliphatic heterocycles. The molecule has 0 aliphatic carbocycles. The third-order valence-electron chi connectivity index (χ3n) is 2.76. The van der Waals surface area contributed by atoms with Crippen LogP contribution in [0.25, 0.3) is 0 Å². The van der Waals surface area contributed by atoms with Crippen LogP contribution in [-0.4, -0.2) is 43.7 Å². The van der Waals surface area contributed by atoms with Gasteiger partial charge < -0.3 is 15.4 Å². The van der Waals surface area contributed by atoms with Crippen LogP contribution in [0.4, 0.5) is 0 Å². The fourth-order valence-corrected chi connectivity index (χ4v) is 2.69. The first kappa shape index (κ1) is 16.3. The van der Waals surface area contributed by atoms with Crippen LogP contribution in [0, 0.1) is 0 Å². The van der Waals surface area contributed by atoms with Crippen LogP contribution in [0.15, 0.2) is 24.3 Å². The first-order valence-corrected chi connectivity index (χ1v) is 7.99. The molecule has 0 saturated carbocycles. The Bertz CT molecular complexity index is 341. The molecule has 0 radical (unpaired) electrons. The van der Waals surface area contributed by atoms with Gasteiger partial charge in [-0.2, -0.15) is 11.8 Å². The molecule has 1 rings (SSSR count). The Kier molecular flexibility index (Phi) is 7.94. The Morgan fingerprint density at radius 1 is 1.26 bits per heavy atom. The molecule has 0 amide bonds. The van der Waals surface area contributed by atoms with Crippen molar-refractivity contribution in [2.24, 2.45) is 5.73 Å². The van der Waals surface area contributed by atoms with E-state index in [1.54, 1.807) is 0 Å². The average Bonchev–Trinajstić information content (AvgIpc) is 2.41. The van der Waals surface area contributed by atoms with Gasteiger partial charge in [0, 0.05) is 24.1 Å². The minimum Gasteiger partial charge on any atom is -0.494 e. The number of ether oxygens (including phenoxy) is 1. The highest BCUT2D eigenvalue weighted by atomic mass is 32.2. The minimum absolute atomic E-state index is 0.104. The van der Waals surface area contributed by atoms with E-state index in [-0.39, 0.29) is 6.04 Å². The number of nitrogens with zero attached hydrogens (tertiary/aromatic N) is 1. The second kappa shape index (κ2) is 9.23. The van der Waals surface area contributed by atoms with Crippen molar-refractivity contribution in [3.8, 4) is 5.75 Å². The molecule has 3 nitrogen and oxygen atoms in total. The van der Waals surface area contributed by atoms with E-state index in [0.717, 1.165) is 36.8 Å². The highest BCUT2D eigenvalue weighted by molar-refractivity contribution is 7.99. The van der Waals surface area contributed by atoms with Gasteiger partial charge in [-0.05, 0) is 38.2 Å². The fraction of sp³-hybridized carbons (Fsp3) is 0.600. The van der Waals surface area contributed by atoms with Gasteiger partial charge in [-0.25, -0.2) is 0 Å². The zero-order valence-electron chi connectivity index (χ0n) is 12.3. The standard InChI is InChI=1S/C15H26N2OS/c1-4-10-18-14-7-5-13(6-8-14)15(16)12-19-11-9-17(2)3/h5-8,15H,4,9-12,16H2,1-3H3. The van der Waals surface area contributed by atoms with Crippen LogP contribution in [-0.2, 0) is 0 Å². The van der Waals surface area contributed by atoms with Crippen LogP contribution in [0.3, 0.4) is 0 Å². The Morgan fingerprint density at radius 2 is 1.95 bits per heavy atom. The summed E-state index contributed by atoms with van der Waals surface area (Å²) in [6.07, 6.45) is 1.03. The topological polar surface area (TPSA) is 38.5 Å². The number of thioether (sulfide) groups is 1. The lowest BCUT2D eigenvalue weighted by Crippen LogP contribution is -2.17. The summed E-state index contributed by atoms with van der Waals surface area (Å²) in [6, 6.07) is 8.27. The lowest BCUT2D eigenvalue weighted by molar-refractivity contribution is 0.317. The zero-order valence-corrected chi connectivity index (χ0v) is 13.1. The van der Waals surface area contributed by atoms with Crippen molar-refractivity contribution < 1.29 is 4.74 Å². The molecule has 0 heterocycles. The molecule has 0 bridgehead atoms. The summed E-state index contributed by atoms with van der Waals surface area (Å²) in [7, 11) is 4.19. The van der Waals surface area contributed by atoms with Gasteiger partial charge in [-0.15, -0.1) is 0 Å². The molecule has 1 aromatic rings. The molecule has 1 atom stereocenters. The summed E-state index contributed by atoms with van der Waals surface area (Å²) in [5.41, 5.74) is 7.37. The van der Waals surface area contributed by atoms with Crippen molar-refractivity contribution in [2.45, 2.75) is 19.4 Å². The lowest BCUT2D eigenvalue weighted by Gasteiger charge is -2.14. The maximum Gasteiger partial charge on any atom is 0.119 e. The van der Waals surface area contributed by atoms with E-state index in [0.29, 0.717) is 0 Å². The van der Waals surface area contributed by atoms with Crippen molar-refractivity contribution >= 4 is 11.8 Å². The summed E-state index contributed by atoms with van der Waals surface area (Å²) in [4.78, 5) is 2.19. The molecule has 2 N–H and O–H groups in total. The highest BCUT2D eigenvalue weighted by Crippen LogP contribution is 2.19. The second-order valence-corrected chi connectivity index (χ2v) is 6.05. The Balaban J connectivity index is 2.33. The molecule has 1 unspecified atom stereocenters.